The highest BCUT2D eigenvalue weighted by Gasteiger charge is 2.30. The highest BCUT2D eigenvalue weighted by Crippen LogP contribution is 2.24. The summed E-state index contributed by atoms with van der Waals surface area (Å²) in [5, 5.41) is 5.27. The lowest BCUT2D eigenvalue weighted by molar-refractivity contribution is -0.274. The topological polar surface area (TPSA) is 53.7 Å². The average molecular weight is 261 g/mol. The van der Waals surface area contributed by atoms with Crippen LogP contribution >= 0.6 is 12.2 Å². The van der Waals surface area contributed by atoms with E-state index < -0.39 is 6.36 Å². The molecule has 17 heavy (non-hydrogen) atoms. The van der Waals surface area contributed by atoms with Crippen molar-refractivity contribution >= 4 is 12.2 Å². The minimum absolute atomic E-state index is 0.274. The summed E-state index contributed by atoms with van der Waals surface area (Å²) in [4.78, 5) is 3.93. The van der Waals surface area contributed by atoms with Crippen molar-refractivity contribution in [1.82, 2.24) is 15.2 Å². The van der Waals surface area contributed by atoms with Crippen LogP contribution in [0.1, 0.15) is 0 Å². The van der Waals surface area contributed by atoms with Crippen molar-refractivity contribution in [2.45, 2.75) is 6.36 Å². The fraction of sp³-hybridized carbons (Fsp3) is 0.111. The molecule has 0 bridgehead atoms. The summed E-state index contributed by atoms with van der Waals surface area (Å²) in [7, 11) is 0. The zero-order chi connectivity index (χ0) is 12.5. The fourth-order valence-corrected chi connectivity index (χ4v) is 1.36. The van der Waals surface area contributed by atoms with Crippen molar-refractivity contribution in [2.24, 2.45) is 0 Å². The zero-order valence-corrected chi connectivity index (χ0v) is 9.02. The van der Waals surface area contributed by atoms with Crippen molar-refractivity contribution in [3.05, 3.63) is 29.0 Å². The van der Waals surface area contributed by atoms with Crippen LogP contribution in [0.25, 0.3) is 11.4 Å². The van der Waals surface area contributed by atoms with Crippen molar-refractivity contribution < 1.29 is 17.9 Å². The van der Waals surface area contributed by atoms with Gasteiger partial charge < -0.3 is 4.74 Å². The standard InChI is InChI=1S/C9H6F3N3OS/c10-9(11,12)16-6-3-1-5(2-4-6)7-13-8(17)15-14-7/h1-4H,(H2,13,14,15,17). The Balaban J connectivity index is 2.21. The third kappa shape index (κ3) is 3.06. The molecule has 0 unspecified atom stereocenters. The number of ether oxygens (including phenoxy) is 1. The molecular weight excluding hydrogens is 255 g/mol. The smallest absolute Gasteiger partial charge is 0.406 e. The van der Waals surface area contributed by atoms with E-state index in [2.05, 4.69) is 19.9 Å². The lowest BCUT2D eigenvalue weighted by Crippen LogP contribution is -2.16. The molecule has 0 atom stereocenters. The van der Waals surface area contributed by atoms with Crippen LogP contribution < -0.4 is 4.74 Å². The molecule has 0 spiro atoms. The molecule has 1 aromatic carbocycles. The van der Waals surface area contributed by atoms with Crippen molar-refractivity contribution in [2.75, 3.05) is 0 Å². The van der Waals surface area contributed by atoms with Gasteiger partial charge in [-0.3, -0.25) is 10.2 Å². The fourth-order valence-electron chi connectivity index (χ4n) is 1.22. The van der Waals surface area contributed by atoms with Crippen LogP contribution in [-0.2, 0) is 0 Å². The van der Waals surface area contributed by atoms with Gasteiger partial charge in [0, 0.05) is 5.56 Å². The summed E-state index contributed by atoms with van der Waals surface area (Å²) >= 11 is 4.76. The van der Waals surface area contributed by atoms with Gasteiger partial charge in [-0.25, -0.2) is 0 Å². The van der Waals surface area contributed by atoms with Gasteiger partial charge in [0.05, 0.1) is 0 Å². The molecular formula is C9H6F3N3OS. The van der Waals surface area contributed by atoms with Gasteiger partial charge in [-0.15, -0.1) is 13.2 Å². The molecule has 8 heteroatoms. The second-order valence-electron chi connectivity index (χ2n) is 3.09. The van der Waals surface area contributed by atoms with Crippen molar-refractivity contribution in [3.63, 3.8) is 0 Å². The molecule has 2 aromatic rings. The Morgan fingerprint density at radius 1 is 1.12 bits per heavy atom. The number of hydrogen-bond donors (Lipinski definition) is 2. The monoisotopic (exact) mass is 261 g/mol. The second-order valence-corrected chi connectivity index (χ2v) is 3.47. The number of halogens is 3. The summed E-state index contributed by atoms with van der Waals surface area (Å²) in [6.45, 7) is 0. The van der Waals surface area contributed by atoms with Gasteiger partial charge >= 0.3 is 6.36 Å². The van der Waals surface area contributed by atoms with Crippen molar-refractivity contribution in [3.8, 4) is 17.1 Å². The van der Waals surface area contributed by atoms with Gasteiger partial charge in [0.15, 0.2) is 5.82 Å². The van der Waals surface area contributed by atoms with Gasteiger partial charge in [-0.2, -0.15) is 4.98 Å². The predicted molar refractivity (Wildman–Crippen MR) is 55.9 cm³/mol. The Morgan fingerprint density at radius 3 is 2.24 bits per heavy atom. The van der Waals surface area contributed by atoms with Crippen LogP contribution in [0.2, 0.25) is 0 Å². The number of hydrogen-bond acceptors (Lipinski definition) is 3. The normalized spacial score (nSPS) is 11.5. The summed E-state index contributed by atoms with van der Waals surface area (Å²) in [5.41, 5.74) is 0.604. The predicted octanol–water partition coefficient (Wildman–Crippen LogP) is 3.03. The van der Waals surface area contributed by atoms with Gasteiger partial charge in [-0.05, 0) is 36.5 Å². The maximum Gasteiger partial charge on any atom is 0.573 e. The number of benzene rings is 1. The molecule has 2 rings (SSSR count). The van der Waals surface area contributed by atoms with E-state index in [1.165, 1.54) is 24.3 Å². The number of rotatable bonds is 2. The van der Waals surface area contributed by atoms with E-state index in [4.69, 9.17) is 12.2 Å². The molecule has 1 aromatic heterocycles. The van der Waals surface area contributed by atoms with Gasteiger partial charge in [-0.1, -0.05) is 0 Å². The first kappa shape index (κ1) is 11.6. The van der Waals surface area contributed by atoms with Crippen LogP contribution in [0, 0.1) is 4.77 Å². The average Bonchev–Trinajstić information content (AvgIpc) is 2.63. The van der Waals surface area contributed by atoms with Crippen LogP contribution in [0.4, 0.5) is 13.2 Å². The quantitative estimate of drug-likeness (QED) is 0.817. The minimum atomic E-state index is -4.69. The highest BCUT2D eigenvalue weighted by molar-refractivity contribution is 7.71. The van der Waals surface area contributed by atoms with E-state index >= 15 is 0 Å². The molecule has 4 nitrogen and oxygen atoms in total. The molecule has 0 saturated carbocycles. The Kier molecular flexibility index (Phi) is 2.88. The molecule has 90 valence electrons. The third-order valence-corrected chi connectivity index (χ3v) is 2.06. The lowest BCUT2D eigenvalue weighted by Gasteiger charge is -2.08. The van der Waals surface area contributed by atoms with Crippen LogP contribution in [0.15, 0.2) is 24.3 Å². The van der Waals surface area contributed by atoms with Crippen LogP contribution in [0.3, 0.4) is 0 Å². The molecule has 0 saturated heterocycles. The van der Waals surface area contributed by atoms with E-state index in [9.17, 15) is 13.2 Å². The number of H-pyrrole nitrogens is 2. The van der Waals surface area contributed by atoms with E-state index in [0.717, 1.165) is 0 Å². The summed E-state index contributed by atoms with van der Waals surface area (Å²) in [6.07, 6.45) is -4.69. The number of aromatic amines is 2. The second kappa shape index (κ2) is 4.21. The molecule has 1 heterocycles. The number of aromatic nitrogens is 3. The van der Waals surface area contributed by atoms with Crippen molar-refractivity contribution in [1.29, 1.82) is 0 Å². The van der Waals surface area contributed by atoms with E-state index in [-0.39, 0.29) is 10.5 Å². The Morgan fingerprint density at radius 2 is 1.76 bits per heavy atom. The summed E-state index contributed by atoms with van der Waals surface area (Å²) < 4.78 is 39.7. The minimum Gasteiger partial charge on any atom is -0.406 e. The van der Waals surface area contributed by atoms with Crippen LogP contribution in [0.5, 0.6) is 5.75 Å². The summed E-state index contributed by atoms with van der Waals surface area (Å²) in [5.74, 6) is 0.170. The molecule has 2 N–H and O–H groups in total. The van der Waals surface area contributed by atoms with Crippen LogP contribution in [-0.4, -0.2) is 21.5 Å². The first-order valence-electron chi connectivity index (χ1n) is 4.45. The number of nitrogens with zero attached hydrogens (tertiary/aromatic N) is 1. The Bertz CT molecular complexity index is 558. The van der Waals surface area contributed by atoms with E-state index in [0.29, 0.717) is 11.4 Å². The lowest BCUT2D eigenvalue weighted by atomic mass is 10.2. The largest absolute Gasteiger partial charge is 0.573 e. The molecule has 0 fully saturated rings. The van der Waals surface area contributed by atoms with Gasteiger partial charge in [0.2, 0.25) is 4.77 Å². The number of nitrogens with one attached hydrogen (secondary N) is 2. The first-order valence-corrected chi connectivity index (χ1v) is 4.86. The first-order chi connectivity index (χ1) is 7.94. The molecule has 0 radical (unpaired) electrons. The molecule has 0 amide bonds. The Hall–Kier alpha value is -1.83. The molecule has 0 aliphatic rings. The van der Waals surface area contributed by atoms with Gasteiger partial charge in [0.1, 0.15) is 5.75 Å². The Labute approximate surface area is 98.4 Å². The SMILES string of the molecule is FC(F)(F)Oc1ccc(-c2nc(=S)[nH][nH]2)cc1. The highest BCUT2D eigenvalue weighted by atomic mass is 32.1. The maximum absolute atomic E-state index is 11.9. The zero-order valence-electron chi connectivity index (χ0n) is 8.21. The number of alkyl halides is 3. The van der Waals surface area contributed by atoms with Gasteiger partial charge in [0.25, 0.3) is 0 Å². The molecule has 0 aliphatic heterocycles. The van der Waals surface area contributed by atoms with E-state index in [1.54, 1.807) is 0 Å². The third-order valence-electron chi connectivity index (χ3n) is 1.86. The van der Waals surface area contributed by atoms with E-state index in [1.807, 2.05) is 0 Å². The summed E-state index contributed by atoms with van der Waals surface area (Å²) in [6, 6.07) is 5.30. The maximum atomic E-state index is 11.9. The molecule has 0 aliphatic carbocycles.